The highest BCUT2D eigenvalue weighted by atomic mass is 32.2. The average molecular weight is 318 g/mol. The van der Waals surface area contributed by atoms with Crippen LogP contribution in [0.15, 0.2) is 77.2 Å². The van der Waals surface area contributed by atoms with Crippen molar-refractivity contribution < 1.29 is 0 Å². The van der Waals surface area contributed by atoms with Crippen LogP contribution in [0.5, 0.6) is 0 Å². The molecule has 0 aliphatic rings. The summed E-state index contributed by atoms with van der Waals surface area (Å²) in [6, 6.07) is 18.4. The van der Waals surface area contributed by atoms with E-state index in [4.69, 9.17) is 0 Å². The highest BCUT2D eigenvalue weighted by Gasteiger charge is 2.12. The van der Waals surface area contributed by atoms with E-state index in [1.54, 1.807) is 6.20 Å². The zero-order valence-corrected chi connectivity index (χ0v) is 13.4. The van der Waals surface area contributed by atoms with Gasteiger partial charge in [-0.05, 0) is 30.8 Å². The van der Waals surface area contributed by atoms with E-state index in [2.05, 4.69) is 44.0 Å². The minimum Gasteiger partial charge on any atom is -0.295 e. The Morgan fingerprint density at radius 1 is 0.870 bits per heavy atom. The molecule has 0 fully saturated rings. The molecule has 0 saturated heterocycles. The fraction of sp³-hybridized carbons (Fsp3) is 0.0556. The summed E-state index contributed by atoms with van der Waals surface area (Å²) < 4.78 is 2.06. The fourth-order valence-electron chi connectivity index (χ4n) is 2.53. The third kappa shape index (κ3) is 2.59. The molecule has 0 radical (unpaired) electrons. The van der Waals surface area contributed by atoms with Gasteiger partial charge in [0.15, 0.2) is 5.16 Å². The van der Waals surface area contributed by atoms with Crippen molar-refractivity contribution in [3.8, 4) is 5.69 Å². The fourth-order valence-corrected chi connectivity index (χ4v) is 3.45. The van der Waals surface area contributed by atoms with Crippen molar-refractivity contribution in [2.24, 2.45) is 0 Å². The third-order valence-corrected chi connectivity index (χ3v) is 4.65. The van der Waals surface area contributed by atoms with E-state index in [-0.39, 0.29) is 0 Å². The van der Waals surface area contributed by atoms with Crippen LogP contribution in [0.1, 0.15) is 5.69 Å². The Labute approximate surface area is 138 Å². The van der Waals surface area contributed by atoms with Crippen molar-refractivity contribution in [2.75, 3.05) is 0 Å². The van der Waals surface area contributed by atoms with E-state index in [0.29, 0.717) is 0 Å². The maximum absolute atomic E-state index is 4.48. The molecule has 0 aliphatic carbocycles. The summed E-state index contributed by atoms with van der Waals surface area (Å²) in [6.45, 7) is 1.98. The molecule has 2 aromatic heterocycles. The molecular weight excluding hydrogens is 304 g/mol. The van der Waals surface area contributed by atoms with Gasteiger partial charge in [-0.3, -0.25) is 4.57 Å². The third-order valence-electron chi connectivity index (χ3n) is 3.67. The number of benzene rings is 2. The first kappa shape index (κ1) is 14.0. The first-order valence-corrected chi connectivity index (χ1v) is 8.13. The van der Waals surface area contributed by atoms with Crippen molar-refractivity contribution in [2.45, 2.75) is 17.1 Å². The summed E-state index contributed by atoms with van der Waals surface area (Å²) >= 11 is 1.53. The van der Waals surface area contributed by atoms with Crippen LogP contribution in [0.25, 0.3) is 16.5 Å². The molecule has 0 spiro atoms. The van der Waals surface area contributed by atoms with E-state index in [1.807, 2.05) is 43.5 Å². The number of nitrogens with zero attached hydrogens (tertiary/aromatic N) is 4. The van der Waals surface area contributed by atoms with Crippen LogP contribution in [0, 0.1) is 6.92 Å². The number of hydrogen-bond acceptors (Lipinski definition) is 4. The lowest BCUT2D eigenvalue weighted by Gasteiger charge is -2.09. The Morgan fingerprint density at radius 3 is 2.43 bits per heavy atom. The van der Waals surface area contributed by atoms with Crippen molar-refractivity contribution in [3.63, 3.8) is 0 Å². The normalized spacial score (nSPS) is 11.0. The molecule has 0 aliphatic heterocycles. The van der Waals surface area contributed by atoms with Gasteiger partial charge in [-0.2, -0.15) is 5.10 Å². The second kappa shape index (κ2) is 5.85. The van der Waals surface area contributed by atoms with Crippen molar-refractivity contribution in [3.05, 3.63) is 72.7 Å². The standard InChI is InChI=1S/C18H14N4S/c1-13-15-9-5-6-10-16(15)17(21-20-13)23-18-19-11-12-22(18)14-7-3-2-4-8-14/h2-12H,1H3. The number of hydrogen-bond donors (Lipinski definition) is 0. The van der Waals surface area contributed by atoms with Crippen LogP contribution in [-0.4, -0.2) is 19.7 Å². The lowest BCUT2D eigenvalue weighted by molar-refractivity contribution is 0.879. The second-order valence-electron chi connectivity index (χ2n) is 5.15. The lowest BCUT2D eigenvalue weighted by atomic mass is 10.1. The topological polar surface area (TPSA) is 43.6 Å². The van der Waals surface area contributed by atoms with Crippen LogP contribution in [-0.2, 0) is 0 Å². The second-order valence-corrected chi connectivity index (χ2v) is 6.11. The van der Waals surface area contributed by atoms with Gasteiger partial charge in [0, 0.05) is 28.9 Å². The lowest BCUT2D eigenvalue weighted by Crippen LogP contribution is -1.97. The summed E-state index contributed by atoms with van der Waals surface area (Å²) in [6.07, 6.45) is 3.76. The minimum absolute atomic E-state index is 0.870. The Bertz CT molecular complexity index is 963. The van der Waals surface area contributed by atoms with Gasteiger partial charge in [0.05, 0.1) is 5.69 Å². The summed E-state index contributed by atoms with van der Waals surface area (Å²) in [5, 5.41) is 12.6. The maximum atomic E-state index is 4.48. The van der Waals surface area contributed by atoms with E-state index < -0.39 is 0 Å². The Kier molecular flexibility index (Phi) is 3.55. The van der Waals surface area contributed by atoms with Gasteiger partial charge in [0.2, 0.25) is 0 Å². The molecule has 0 saturated carbocycles. The SMILES string of the molecule is Cc1nnc(Sc2nccn2-c2ccccc2)c2ccccc12. The van der Waals surface area contributed by atoms with E-state index in [9.17, 15) is 0 Å². The molecule has 0 atom stereocenters. The van der Waals surface area contributed by atoms with Gasteiger partial charge in [0.25, 0.3) is 0 Å². The molecule has 5 heteroatoms. The number of rotatable bonds is 3. The van der Waals surface area contributed by atoms with E-state index >= 15 is 0 Å². The van der Waals surface area contributed by atoms with Crippen LogP contribution < -0.4 is 0 Å². The molecule has 0 N–H and O–H groups in total. The molecule has 4 nitrogen and oxygen atoms in total. The quantitative estimate of drug-likeness (QED) is 0.565. The van der Waals surface area contributed by atoms with Crippen LogP contribution in [0.4, 0.5) is 0 Å². The number of imidazole rings is 1. The van der Waals surface area contributed by atoms with Gasteiger partial charge in [-0.1, -0.05) is 42.5 Å². The molecule has 0 bridgehead atoms. The van der Waals surface area contributed by atoms with Crippen LogP contribution in [0.3, 0.4) is 0 Å². The summed E-state index contributed by atoms with van der Waals surface area (Å²) in [5.41, 5.74) is 2.02. The molecule has 2 aromatic carbocycles. The van der Waals surface area contributed by atoms with Gasteiger partial charge < -0.3 is 0 Å². The highest BCUT2D eigenvalue weighted by Crippen LogP contribution is 2.32. The molecule has 112 valence electrons. The predicted octanol–water partition coefficient (Wildman–Crippen LogP) is 4.28. The Balaban J connectivity index is 1.79. The van der Waals surface area contributed by atoms with Gasteiger partial charge >= 0.3 is 0 Å². The number of fused-ring (bicyclic) bond motifs is 1. The van der Waals surface area contributed by atoms with Gasteiger partial charge in [-0.25, -0.2) is 4.98 Å². The molecule has 4 aromatic rings. The average Bonchev–Trinajstić information content (AvgIpc) is 3.07. The summed E-state index contributed by atoms with van der Waals surface area (Å²) in [4.78, 5) is 4.48. The smallest absolute Gasteiger partial charge is 0.179 e. The van der Waals surface area contributed by atoms with E-state index in [1.165, 1.54) is 11.8 Å². The number of aryl methyl sites for hydroxylation is 1. The van der Waals surface area contributed by atoms with Crippen LogP contribution in [0.2, 0.25) is 0 Å². The maximum Gasteiger partial charge on any atom is 0.179 e. The minimum atomic E-state index is 0.870. The zero-order chi connectivity index (χ0) is 15.6. The largest absolute Gasteiger partial charge is 0.295 e. The monoisotopic (exact) mass is 318 g/mol. The Hall–Kier alpha value is -2.66. The molecule has 4 rings (SSSR count). The molecule has 0 amide bonds. The first-order valence-electron chi connectivity index (χ1n) is 7.31. The number of para-hydroxylation sites is 1. The van der Waals surface area contributed by atoms with E-state index in [0.717, 1.165) is 32.3 Å². The molecular formula is C18H14N4S. The summed E-state index contributed by atoms with van der Waals surface area (Å²) in [7, 11) is 0. The van der Waals surface area contributed by atoms with Crippen LogP contribution >= 0.6 is 11.8 Å². The van der Waals surface area contributed by atoms with Crippen molar-refractivity contribution in [1.82, 2.24) is 19.7 Å². The summed E-state index contributed by atoms with van der Waals surface area (Å²) in [5.74, 6) is 0. The Morgan fingerprint density at radius 2 is 1.61 bits per heavy atom. The highest BCUT2D eigenvalue weighted by molar-refractivity contribution is 7.99. The number of aromatic nitrogens is 4. The van der Waals surface area contributed by atoms with Crippen molar-refractivity contribution >= 4 is 22.5 Å². The predicted molar refractivity (Wildman–Crippen MR) is 92.0 cm³/mol. The van der Waals surface area contributed by atoms with Gasteiger partial charge in [-0.15, -0.1) is 5.10 Å². The molecule has 0 unspecified atom stereocenters. The first-order chi connectivity index (χ1) is 11.3. The van der Waals surface area contributed by atoms with Crippen molar-refractivity contribution in [1.29, 1.82) is 0 Å². The molecule has 2 heterocycles. The molecule has 23 heavy (non-hydrogen) atoms. The zero-order valence-electron chi connectivity index (χ0n) is 12.5. The van der Waals surface area contributed by atoms with Gasteiger partial charge in [0.1, 0.15) is 5.03 Å².